The fourth-order valence-electron chi connectivity index (χ4n) is 1.66. The molecule has 0 heterocycles. The maximum absolute atomic E-state index is 11.6. The van der Waals surface area contributed by atoms with Crippen LogP contribution < -0.4 is 15.6 Å². The molecule has 0 aliphatic rings. The summed E-state index contributed by atoms with van der Waals surface area (Å²) in [5.41, 5.74) is 6.76. The highest BCUT2D eigenvalue weighted by Crippen LogP contribution is 2.18. The third-order valence-corrected chi connectivity index (χ3v) is 2.99. The van der Waals surface area contributed by atoms with Gasteiger partial charge in [0, 0.05) is 6.42 Å². The van der Waals surface area contributed by atoms with E-state index in [0.29, 0.717) is 18.1 Å². The van der Waals surface area contributed by atoms with Gasteiger partial charge in [0.15, 0.2) is 6.61 Å². The van der Waals surface area contributed by atoms with Crippen LogP contribution in [0.2, 0.25) is 0 Å². The van der Waals surface area contributed by atoms with Gasteiger partial charge >= 0.3 is 0 Å². The first-order valence-corrected chi connectivity index (χ1v) is 7.16. The number of aryl methyl sites for hydroxylation is 2. The van der Waals surface area contributed by atoms with E-state index >= 15 is 0 Å². The molecule has 0 saturated carbocycles. The average Bonchev–Trinajstić information content (AvgIpc) is 2.43. The van der Waals surface area contributed by atoms with E-state index in [2.05, 4.69) is 10.9 Å². The molecule has 116 valence electrons. The molecule has 0 radical (unpaired) electrons. The average molecular weight is 292 g/mol. The molecular weight excluding hydrogens is 268 g/mol. The number of benzene rings is 1. The standard InChI is InChI=1S/C16H24N2O3/c1-11(2)5-8-15(19)17-18-16(20)10-21-14-9-12(3)6-7-13(14)4/h6-7,9,11H,5,8,10H2,1-4H3,(H,17,19)(H,18,20). The van der Waals surface area contributed by atoms with E-state index in [0.717, 1.165) is 17.5 Å². The molecule has 0 spiro atoms. The van der Waals surface area contributed by atoms with Crippen LogP contribution in [0.5, 0.6) is 5.75 Å². The molecule has 1 rings (SSSR count). The Labute approximate surface area is 126 Å². The van der Waals surface area contributed by atoms with Gasteiger partial charge in [0.05, 0.1) is 0 Å². The highest BCUT2D eigenvalue weighted by Gasteiger charge is 2.07. The maximum Gasteiger partial charge on any atom is 0.276 e. The van der Waals surface area contributed by atoms with Crippen molar-refractivity contribution in [1.82, 2.24) is 10.9 Å². The molecule has 21 heavy (non-hydrogen) atoms. The van der Waals surface area contributed by atoms with Crippen molar-refractivity contribution in [2.75, 3.05) is 6.61 Å². The lowest BCUT2D eigenvalue weighted by Gasteiger charge is -2.11. The number of carbonyl (C=O) groups is 2. The van der Waals surface area contributed by atoms with Crippen molar-refractivity contribution >= 4 is 11.8 Å². The summed E-state index contributed by atoms with van der Waals surface area (Å²) in [6.07, 6.45) is 1.19. The number of amides is 2. The number of hydrazine groups is 1. The van der Waals surface area contributed by atoms with Crippen LogP contribution in [0.25, 0.3) is 0 Å². The molecule has 0 fully saturated rings. The van der Waals surface area contributed by atoms with Crippen LogP contribution in [0.1, 0.15) is 37.8 Å². The van der Waals surface area contributed by atoms with E-state index in [1.807, 2.05) is 45.9 Å². The number of nitrogens with one attached hydrogen (secondary N) is 2. The normalized spacial score (nSPS) is 10.3. The Morgan fingerprint density at radius 1 is 1.14 bits per heavy atom. The number of hydrogen-bond acceptors (Lipinski definition) is 3. The monoisotopic (exact) mass is 292 g/mol. The van der Waals surface area contributed by atoms with E-state index in [4.69, 9.17) is 4.74 Å². The van der Waals surface area contributed by atoms with Gasteiger partial charge in [-0.15, -0.1) is 0 Å². The van der Waals surface area contributed by atoms with Crippen molar-refractivity contribution in [1.29, 1.82) is 0 Å². The van der Waals surface area contributed by atoms with Crippen LogP contribution >= 0.6 is 0 Å². The van der Waals surface area contributed by atoms with Crippen LogP contribution in [0.3, 0.4) is 0 Å². The predicted octanol–water partition coefficient (Wildman–Crippen LogP) is 2.27. The fraction of sp³-hybridized carbons (Fsp3) is 0.500. The molecule has 1 aromatic rings. The second-order valence-electron chi connectivity index (χ2n) is 5.59. The van der Waals surface area contributed by atoms with E-state index < -0.39 is 0 Å². The second kappa shape index (κ2) is 8.29. The molecule has 2 amide bonds. The van der Waals surface area contributed by atoms with Crippen molar-refractivity contribution in [3.63, 3.8) is 0 Å². The van der Waals surface area contributed by atoms with Gasteiger partial charge in [0.2, 0.25) is 5.91 Å². The number of ether oxygens (including phenoxy) is 1. The van der Waals surface area contributed by atoms with Gasteiger partial charge in [-0.2, -0.15) is 0 Å². The number of carbonyl (C=O) groups excluding carboxylic acids is 2. The van der Waals surface area contributed by atoms with Crippen LogP contribution in [0.4, 0.5) is 0 Å². The van der Waals surface area contributed by atoms with E-state index in [1.54, 1.807) is 0 Å². The molecule has 0 aliphatic heterocycles. The molecule has 1 aromatic carbocycles. The quantitative estimate of drug-likeness (QED) is 0.790. The summed E-state index contributed by atoms with van der Waals surface area (Å²) in [7, 11) is 0. The minimum atomic E-state index is -0.381. The molecule has 0 aliphatic carbocycles. The topological polar surface area (TPSA) is 67.4 Å². The van der Waals surface area contributed by atoms with Gasteiger partial charge in [-0.1, -0.05) is 26.0 Å². The summed E-state index contributed by atoms with van der Waals surface area (Å²) in [5.74, 6) is 0.563. The number of hydrogen-bond donors (Lipinski definition) is 2. The van der Waals surface area contributed by atoms with Crippen LogP contribution in [-0.4, -0.2) is 18.4 Å². The van der Waals surface area contributed by atoms with E-state index in [-0.39, 0.29) is 18.4 Å². The summed E-state index contributed by atoms with van der Waals surface area (Å²) < 4.78 is 5.45. The van der Waals surface area contributed by atoms with Gasteiger partial charge in [-0.3, -0.25) is 20.4 Å². The third-order valence-electron chi connectivity index (χ3n) is 2.99. The van der Waals surface area contributed by atoms with Gasteiger partial charge in [-0.25, -0.2) is 0 Å². The van der Waals surface area contributed by atoms with Crippen molar-refractivity contribution in [2.24, 2.45) is 5.92 Å². The fourth-order valence-corrected chi connectivity index (χ4v) is 1.66. The molecule has 0 unspecified atom stereocenters. The summed E-state index contributed by atoms with van der Waals surface area (Å²) in [4.78, 5) is 23.1. The molecule has 0 bridgehead atoms. The Hall–Kier alpha value is -2.04. The van der Waals surface area contributed by atoms with Crippen molar-refractivity contribution in [2.45, 2.75) is 40.5 Å². The maximum atomic E-state index is 11.6. The second-order valence-corrected chi connectivity index (χ2v) is 5.59. The Morgan fingerprint density at radius 2 is 1.81 bits per heavy atom. The lowest BCUT2D eigenvalue weighted by atomic mass is 10.1. The van der Waals surface area contributed by atoms with E-state index in [9.17, 15) is 9.59 Å². The summed E-state index contributed by atoms with van der Waals surface area (Å²) in [6, 6.07) is 5.80. The lowest BCUT2D eigenvalue weighted by molar-refractivity contribution is -0.130. The third kappa shape index (κ3) is 6.79. The van der Waals surface area contributed by atoms with Gasteiger partial charge < -0.3 is 4.74 Å². The molecule has 0 atom stereocenters. The van der Waals surface area contributed by atoms with Crippen LogP contribution in [0, 0.1) is 19.8 Å². The minimum Gasteiger partial charge on any atom is -0.483 e. The molecule has 5 nitrogen and oxygen atoms in total. The Morgan fingerprint density at radius 3 is 2.48 bits per heavy atom. The summed E-state index contributed by atoms with van der Waals surface area (Å²) >= 11 is 0. The highest BCUT2D eigenvalue weighted by atomic mass is 16.5. The Balaban J connectivity index is 2.31. The smallest absolute Gasteiger partial charge is 0.276 e. The predicted molar refractivity (Wildman–Crippen MR) is 81.8 cm³/mol. The van der Waals surface area contributed by atoms with Crippen molar-refractivity contribution < 1.29 is 14.3 Å². The Kier molecular flexibility index (Phi) is 6.72. The molecule has 2 N–H and O–H groups in total. The van der Waals surface area contributed by atoms with Gasteiger partial charge in [-0.05, 0) is 43.4 Å². The van der Waals surface area contributed by atoms with Gasteiger partial charge in [0.1, 0.15) is 5.75 Å². The summed E-state index contributed by atoms with van der Waals surface area (Å²) in [6.45, 7) is 7.84. The van der Waals surface area contributed by atoms with Crippen molar-refractivity contribution in [3.05, 3.63) is 29.3 Å². The molecule has 5 heteroatoms. The molecule has 0 aromatic heterocycles. The minimum absolute atomic E-state index is 0.130. The molecular formula is C16H24N2O3. The first kappa shape index (κ1) is 17.0. The van der Waals surface area contributed by atoms with Crippen LogP contribution in [-0.2, 0) is 9.59 Å². The first-order chi connectivity index (χ1) is 9.88. The Bertz CT molecular complexity index is 498. The number of rotatable bonds is 6. The van der Waals surface area contributed by atoms with Crippen molar-refractivity contribution in [3.8, 4) is 5.75 Å². The van der Waals surface area contributed by atoms with Gasteiger partial charge in [0.25, 0.3) is 5.91 Å². The zero-order valence-electron chi connectivity index (χ0n) is 13.2. The largest absolute Gasteiger partial charge is 0.483 e. The SMILES string of the molecule is Cc1ccc(C)c(OCC(=O)NNC(=O)CCC(C)C)c1. The lowest BCUT2D eigenvalue weighted by Crippen LogP contribution is -2.43. The van der Waals surface area contributed by atoms with E-state index in [1.165, 1.54) is 0 Å². The van der Waals surface area contributed by atoms with Crippen LogP contribution in [0.15, 0.2) is 18.2 Å². The molecule has 0 saturated heterocycles. The zero-order chi connectivity index (χ0) is 15.8. The highest BCUT2D eigenvalue weighted by molar-refractivity contribution is 5.82. The zero-order valence-corrected chi connectivity index (χ0v) is 13.2. The summed E-state index contributed by atoms with van der Waals surface area (Å²) in [5, 5.41) is 0. The first-order valence-electron chi connectivity index (χ1n) is 7.16.